The van der Waals surface area contributed by atoms with Gasteiger partial charge in [0.15, 0.2) is 0 Å². The van der Waals surface area contributed by atoms with Gasteiger partial charge in [0.05, 0.1) is 12.0 Å². The van der Waals surface area contributed by atoms with Crippen LogP contribution in [0, 0.1) is 17.8 Å². The van der Waals surface area contributed by atoms with Crippen LogP contribution < -0.4 is 4.74 Å². The smallest absolute Gasteiger partial charge is 0.243 e. The molecule has 0 amide bonds. The third-order valence-corrected chi connectivity index (χ3v) is 8.58. The van der Waals surface area contributed by atoms with Crippen molar-refractivity contribution in [3.63, 3.8) is 0 Å². The van der Waals surface area contributed by atoms with Crippen molar-refractivity contribution in [3.8, 4) is 5.75 Å². The first-order chi connectivity index (χ1) is 12.5. The van der Waals surface area contributed by atoms with Crippen molar-refractivity contribution in [2.75, 3.05) is 13.7 Å². The van der Waals surface area contributed by atoms with E-state index < -0.39 is 10.0 Å². The van der Waals surface area contributed by atoms with E-state index in [-0.39, 0.29) is 6.04 Å². The summed E-state index contributed by atoms with van der Waals surface area (Å²) in [5.41, 5.74) is 0. The van der Waals surface area contributed by atoms with E-state index in [2.05, 4.69) is 0 Å². The molecular formula is C21H25NO3S. The van der Waals surface area contributed by atoms with Crippen molar-refractivity contribution in [2.24, 2.45) is 17.8 Å². The van der Waals surface area contributed by atoms with Crippen LogP contribution in [0.5, 0.6) is 5.75 Å². The Morgan fingerprint density at radius 2 is 1.65 bits per heavy atom. The van der Waals surface area contributed by atoms with Gasteiger partial charge in [0.2, 0.25) is 10.0 Å². The van der Waals surface area contributed by atoms with Crippen molar-refractivity contribution in [1.29, 1.82) is 0 Å². The Hall–Kier alpha value is -1.59. The van der Waals surface area contributed by atoms with Gasteiger partial charge in [-0.2, -0.15) is 4.31 Å². The van der Waals surface area contributed by atoms with Gasteiger partial charge in [0.25, 0.3) is 0 Å². The van der Waals surface area contributed by atoms with Crippen molar-refractivity contribution >= 4 is 20.8 Å². The molecule has 2 heterocycles. The molecule has 4 fully saturated rings. The van der Waals surface area contributed by atoms with E-state index in [0.717, 1.165) is 35.4 Å². The molecule has 2 saturated heterocycles. The average molecular weight is 372 g/mol. The molecule has 138 valence electrons. The SMILES string of the molecule is COc1cc(S(=O)(=O)N2CC3CC4CC(C3)CC2C4)cc2ccccc12. The van der Waals surface area contributed by atoms with Crippen LogP contribution in [0.3, 0.4) is 0 Å². The fraction of sp³-hybridized carbons (Fsp3) is 0.524. The van der Waals surface area contributed by atoms with Crippen LogP contribution in [-0.4, -0.2) is 32.4 Å². The van der Waals surface area contributed by atoms with Crippen molar-refractivity contribution in [3.05, 3.63) is 36.4 Å². The summed E-state index contributed by atoms with van der Waals surface area (Å²) in [6.07, 6.45) is 5.80. The average Bonchev–Trinajstić information content (AvgIpc) is 2.84. The van der Waals surface area contributed by atoms with Gasteiger partial charge in [-0.15, -0.1) is 0 Å². The molecule has 2 saturated carbocycles. The predicted molar refractivity (Wildman–Crippen MR) is 102 cm³/mol. The maximum Gasteiger partial charge on any atom is 0.243 e. The lowest BCUT2D eigenvalue weighted by molar-refractivity contribution is 0.148. The van der Waals surface area contributed by atoms with E-state index in [1.54, 1.807) is 13.2 Å². The van der Waals surface area contributed by atoms with E-state index in [1.807, 2.05) is 34.6 Å². The summed E-state index contributed by atoms with van der Waals surface area (Å²) in [4.78, 5) is 0.370. The Labute approximate surface area is 155 Å². The zero-order chi connectivity index (χ0) is 17.9. The van der Waals surface area contributed by atoms with Gasteiger partial charge >= 0.3 is 0 Å². The lowest BCUT2D eigenvalue weighted by Gasteiger charge is -2.38. The van der Waals surface area contributed by atoms with Gasteiger partial charge < -0.3 is 4.74 Å². The molecule has 0 radical (unpaired) electrons. The van der Waals surface area contributed by atoms with Crippen LogP contribution in [0.1, 0.15) is 32.1 Å². The lowest BCUT2D eigenvalue weighted by atomic mass is 9.68. The number of fused-ring (bicyclic) bond motifs is 2. The number of hydrogen-bond donors (Lipinski definition) is 0. The van der Waals surface area contributed by atoms with E-state index in [9.17, 15) is 8.42 Å². The molecule has 2 aliphatic heterocycles. The maximum atomic E-state index is 13.6. The van der Waals surface area contributed by atoms with Gasteiger partial charge in [0.1, 0.15) is 5.75 Å². The molecule has 6 rings (SSSR count). The van der Waals surface area contributed by atoms with E-state index >= 15 is 0 Å². The molecule has 2 atom stereocenters. The molecule has 2 aromatic rings. The number of benzene rings is 2. The summed E-state index contributed by atoms with van der Waals surface area (Å²) in [7, 11) is -1.91. The van der Waals surface area contributed by atoms with Gasteiger partial charge in [0, 0.05) is 24.0 Å². The second kappa shape index (κ2) is 5.96. The largest absolute Gasteiger partial charge is 0.496 e. The zero-order valence-corrected chi connectivity index (χ0v) is 15.9. The molecule has 4 bridgehead atoms. The fourth-order valence-electron chi connectivity index (χ4n) is 5.74. The van der Waals surface area contributed by atoms with Crippen LogP contribution in [0.4, 0.5) is 0 Å². The van der Waals surface area contributed by atoms with Gasteiger partial charge in [-0.1, -0.05) is 24.3 Å². The van der Waals surface area contributed by atoms with Crippen molar-refractivity contribution in [2.45, 2.75) is 43.0 Å². The Kier molecular flexibility index (Phi) is 3.80. The van der Waals surface area contributed by atoms with Crippen LogP contribution in [-0.2, 0) is 10.0 Å². The third kappa shape index (κ3) is 2.55. The number of ether oxygens (including phenoxy) is 1. The summed E-state index contributed by atoms with van der Waals surface area (Å²) in [5.74, 6) is 2.61. The minimum absolute atomic E-state index is 0.175. The Balaban J connectivity index is 1.60. The molecule has 5 heteroatoms. The quantitative estimate of drug-likeness (QED) is 0.818. The molecule has 2 unspecified atom stereocenters. The van der Waals surface area contributed by atoms with Crippen LogP contribution in [0.25, 0.3) is 10.8 Å². The third-order valence-electron chi connectivity index (χ3n) is 6.68. The molecule has 2 aliphatic carbocycles. The van der Waals surface area contributed by atoms with Gasteiger partial charge in [-0.05, 0) is 61.3 Å². The molecule has 4 aliphatic rings. The number of hydrogen-bond acceptors (Lipinski definition) is 3. The summed E-state index contributed by atoms with van der Waals surface area (Å²) in [6, 6.07) is 11.5. The summed E-state index contributed by atoms with van der Waals surface area (Å²) in [5, 5.41) is 1.86. The Bertz CT molecular complexity index is 941. The molecule has 0 aromatic heterocycles. The van der Waals surface area contributed by atoms with Crippen molar-refractivity contribution in [1.82, 2.24) is 4.31 Å². The normalized spacial score (nSPS) is 31.3. The number of rotatable bonds is 3. The second-order valence-corrected chi connectivity index (χ2v) is 10.2. The van der Waals surface area contributed by atoms with E-state index in [4.69, 9.17) is 4.74 Å². The molecule has 2 aromatic carbocycles. The molecule has 26 heavy (non-hydrogen) atoms. The lowest BCUT2D eigenvalue weighted by Crippen LogP contribution is -2.42. The Morgan fingerprint density at radius 3 is 2.38 bits per heavy atom. The summed E-state index contributed by atoms with van der Waals surface area (Å²) in [6.45, 7) is 0.690. The van der Waals surface area contributed by atoms with Gasteiger partial charge in [-0.25, -0.2) is 8.42 Å². The first-order valence-corrected chi connectivity index (χ1v) is 11.1. The monoisotopic (exact) mass is 371 g/mol. The van der Waals surface area contributed by atoms with Crippen LogP contribution >= 0.6 is 0 Å². The molecule has 4 nitrogen and oxygen atoms in total. The standard InChI is InChI=1S/C21H25NO3S/c1-25-21-12-19(11-17-4-2-3-5-20(17)21)26(23,24)22-13-16-7-14-6-15(8-16)10-18(22)9-14/h2-5,11-12,14-16,18H,6-10,13H2,1H3. The first kappa shape index (κ1) is 16.6. The molecule has 0 N–H and O–H groups in total. The summed E-state index contributed by atoms with van der Waals surface area (Å²) >= 11 is 0. The van der Waals surface area contributed by atoms with E-state index in [0.29, 0.717) is 23.1 Å². The maximum absolute atomic E-state index is 13.6. The van der Waals surface area contributed by atoms with E-state index in [1.165, 1.54) is 19.3 Å². The number of sulfonamides is 1. The highest BCUT2D eigenvalue weighted by Crippen LogP contribution is 2.48. The minimum atomic E-state index is -3.51. The Morgan fingerprint density at radius 1 is 0.962 bits per heavy atom. The van der Waals surface area contributed by atoms with Crippen molar-refractivity contribution < 1.29 is 13.2 Å². The van der Waals surface area contributed by atoms with Crippen LogP contribution in [0.2, 0.25) is 0 Å². The molecular weight excluding hydrogens is 346 g/mol. The highest BCUT2D eigenvalue weighted by atomic mass is 32.2. The highest BCUT2D eigenvalue weighted by molar-refractivity contribution is 7.89. The highest BCUT2D eigenvalue weighted by Gasteiger charge is 2.46. The number of nitrogens with zero attached hydrogens (tertiary/aromatic N) is 1. The molecule has 0 spiro atoms. The predicted octanol–water partition coefficient (Wildman–Crippen LogP) is 4.05. The summed E-state index contributed by atoms with van der Waals surface area (Å²) < 4.78 is 34.5. The topological polar surface area (TPSA) is 46.6 Å². The fourth-order valence-corrected chi connectivity index (χ4v) is 7.51. The number of methoxy groups -OCH3 is 1. The van der Waals surface area contributed by atoms with Gasteiger partial charge in [-0.3, -0.25) is 0 Å². The second-order valence-electron chi connectivity index (χ2n) is 8.35. The van der Waals surface area contributed by atoms with Crippen LogP contribution in [0.15, 0.2) is 41.3 Å². The zero-order valence-electron chi connectivity index (χ0n) is 15.1. The first-order valence-electron chi connectivity index (χ1n) is 9.63. The minimum Gasteiger partial charge on any atom is -0.496 e.